The molecule has 166 valence electrons. The van der Waals surface area contributed by atoms with Crippen LogP contribution in [0.3, 0.4) is 0 Å². The van der Waals surface area contributed by atoms with E-state index in [2.05, 4.69) is 27.1 Å². The van der Waals surface area contributed by atoms with Crippen molar-refractivity contribution in [1.82, 2.24) is 10.6 Å². The van der Waals surface area contributed by atoms with Crippen molar-refractivity contribution >= 4 is 11.6 Å². The molecule has 0 radical (unpaired) electrons. The molecule has 3 rings (SSSR count). The zero-order chi connectivity index (χ0) is 22.1. The summed E-state index contributed by atoms with van der Waals surface area (Å²) in [5.41, 5.74) is 2.17. The number of hydrogen-bond donors (Lipinski definition) is 2. The van der Waals surface area contributed by atoms with E-state index in [4.69, 9.17) is 14.2 Å². The number of ether oxygens (including phenoxy) is 3. The van der Waals surface area contributed by atoms with Gasteiger partial charge in [-0.15, -0.1) is 0 Å². The van der Waals surface area contributed by atoms with E-state index in [9.17, 15) is 0 Å². The Bertz CT molecular complexity index is 878. The predicted octanol–water partition coefficient (Wildman–Crippen LogP) is 3.21. The summed E-state index contributed by atoms with van der Waals surface area (Å²) >= 11 is 0. The fraction of sp³-hybridized carbons (Fsp3) is 0.375. The van der Waals surface area contributed by atoms with Crippen molar-refractivity contribution in [1.29, 1.82) is 0 Å². The molecule has 1 aliphatic rings. The van der Waals surface area contributed by atoms with E-state index >= 15 is 0 Å². The molecule has 7 heteroatoms. The predicted molar refractivity (Wildman–Crippen MR) is 126 cm³/mol. The zero-order valence-corrected chi connectivity index (χ0v) is 18.6. The van der Waals surface area contributed by atoms with E-state index in [1.807, 2.05) is 42.5 Å². The summed E-state index contributed by atoms with van der Waals surface area (Å²) in [7, 11) is 5.13. The first kappa shape index (κ1) is 22.3. The van der Waals surface area contributed by atoms with Crippen LogP contribution in [-0.4, -0.2) is 53.0 Å². The maximum absolute atomic E-state index is 5.74. The maximum atomic E-state index is 5.74. The molecule has 1 atom stereocenters. The SMILES string of the molecule is C=CCOc1ccccc1CNC(=NC)NC1CCN(c2cc(OC)cc(OC)c2)C1. The Morgan fingerprint density at radius 2 is 1.94 bits per heavy atom. The fourth-order valence-electron chi connectivity index (χ4n) is 3.59. The Hall–Kier alpha value is -3.35. The number of rotatable bonds is 9. The van der Waals surface area contributed by atoms with Gasteiger partial charge in [-0.2, -0.15) is 0 Å². The van der Waals surface area contributed by atoms with Crippen LogP contribution in [0.5, 0.6) is 17.2 Å². The van der Waals surface area contributed by atoms with Crippen LogP contribution >= 0.6 is 0 Å². The smallest absolute Gasteiger partial charge is 0.191 e. The molecule has 0 bridgehead atoms. The minimum absolute atomic E-state index is 0.288. The van der Waals surface area contributed by atoms with Gasteiger partial charge in [0, 0.05) is 62.2 Å². The molecule has 1 heterocycles. The van der Waals surface area contributed by atoms with E-state index in [1.165, 1.54) is 0 Å². The van der Waals surface area contributed by atoms with Gasteiger partial charge in [-0.1, -0.05) is 30.9 Å². The molecule has 7 nitrogen and oxygen atoms in total. The molecule has 1 aliphatic heterocycles. The highest BCUT2D eigenvalue weighted by molar-refractivity contribution is 5.80. The highest BCUT2D eigenvalue weighted by atomic mass is 16.5. The van der Waals surface area contributed by atoms with Crippen LogP contribution in [0.25, 0.3) is 0 Å². The Labute approximate surface area is 184 Å². The molecule has 0 saturated carbocycles. The summed E-state index contributed by atoms with van der Waals surface area (Å²) in [5.74, 6) is 3.21. The Balaban J connectivity index is 1.57. The quantitative estimate of drug-likeness (QED) is 0.366. The first-order valence-electron chi connectivity index (χ1n) is 10.4. The number of benzene rings is 2. The normalized spacial score (nSPS) is 16.0. The minimum Gasteiger partial charge on any atom is -0.497 e. The van der Waals surface area contributed by atoms with Crippen molar-refractivity contribution in [2.24, 2.45) is 4.99 Å². The van der Waals surface area contributed by atoms with E-state index in [-0.39, 0.29) is 6.04 Å². The molecular formula is C24H32N4O3. The highest BCUT2D eigenvalue weighted by Gasteiger charge is 2.24. The molecule has 31 heavy (non-hydrogen) atoms. The number of para-hydroxylation sites is 1. The van der Waals surface area contributed by atoms with Crippen LogP contribution in [0.2, 0.25) is 0 Å². The fourth-order valence-corrected chi connectivity index (χ4v) is 3.59. The Morgan fingerprint density at radius 1 is 1.19 bits per heavy atom. The third-order valence-corrected chi connectivity index (χ3v) is 5.23. The summed E-state index contributed by atoms with van der Waals surface area (Å²) in [6.07, 6.45) is 2.76. The Kier molecular flexibility index (Phi) is 8.04. The maximum Gasteiger partial charge on any atom is 0.191 e. The van der Waals surface area contributed by atoms with Gasteiger partial charge in [0.1, 0.15) is 23.9 Å². The molecule has 2 aromatic carbocycles. The molecule has 2 aromatic rings. The molecule has 1 fully saturated rings. The van der Waals surface area contributed by atoms with Crippen molar-refractivity contribution in [2.75, 3.05) is 45.9 Å². The van der Waals surface area contributed by atoms with Gasteiger partial charge in [0.15, 0.2) is 5.96 Å². The van der Waals surface area contributed by atoms with Crippen molar-refractivity contribution < 1.29 is 14.2 Å². The molecule has 1 saturated heterocycles. The third-order valence-electron chi connectivity index (χ3n) is 5.23. The van der Waals surface area contributed by atoms with Gasteiger partial charge >= 0.3 is 0 Å². The van der Waals surface area contributed by atoms with Gasteiger partial charge in [0.2, 0.25) is 0 Å². The lowest BCUT2D eigenvalue weighted by Gasteiger charge is -2.21. The van der Waals surface area contributed by atoms with Crippen molar-refractivity contribution in [2.45, 2.75) is 19.0 Å². The lowest BCUT2D eigenvalue weighted by molar-refractivity contribution is 0.358. The van der Waals surface area contributed by atoms with Crippen LogP contribution in [-0.2, 0) is 6.54 Å². The van der Waals surface area contributed by atoms with E-state index < -0.39 is 0 Å². The third kappa shape index (κ3) is 6.07. The van der Waals surface area contributed by atoms with Crippen LogP contribution in [0.4, 0.5) is 5.69 Å². The van der Waals surface area contributed by atoms with Crippen molar-refractivity contribution in [3.63, 3.8) is 0 Å². The monoisotopic (exact) mass is 424 g/mol. The number of anilines is 1. The number of nitrogens with zero attached hydrogens (tertiary/aromatic N) is 2. The Morgan fingerprint density at radius 3 is 2.61 bits per heavy atom. The van der Waals surface area contributed by atoms with Crippen LogP contribution in [0.1, 0.15) is 12.0 Å². The molecule has 0 amide bonds. The summed E-state index contributed by atoms with van der Waals surface area (Å²) in [6, 6.07) is 14.2. The average Bonchev–Trinajstić information content (AvgIpc) is 3.29. The van der Waals surface area contributed by atoms with Crippen LogP contribution in [0.15, 0.2) is 60.1 Å². The molecule has 0 spiro atoms. The molecular weight excluding hydrogens is 392 g/mol. The lowest BCUT2D eigenvalue weighted by Crippen LogP contribution is -2.44. The highest BCUT2D eigenvalue weighted by Crippen LogP contribution is 2.30. The van der Waals surface area contributed by atoms with Crippen LogP contribution < -0.4 is 29.7 Å². The first-order chi connectivity index (χ1) is 15.2. The summed E-state index contributed by atoms with van der Waals surface area (Å²) in [5, 5.41) is 6.93. The number of aliphatic imine (C=N–C) groups is 1. The standard InChI is InChI=1S/C24H32N4O3/c1-5-12-31-23-9-7-6-8-18(23)16-26-24(25-2)27-19-10-11-28(17-19)20-13-21(29-3)15-22(14-20)30-4/h5-9,13-15,19H,1,10-12,16-17H2,2-4H3,(H2,25,26,27). The second-order valence-corrected chi connectivity index (χ2v) is 7.28. The van der Waals surface area contributed by atoms with E-state index in [0.29, 0.717) is 13.2 Å². The number of guanidine groups is 1. The minimum atomic E-state index is 0.288. The largest absolute Gasteiger partial charge is 0.497 e. The van der Waals surface area contributed by atoms with Crippen molar-refractivity contribution in [3.05, 3.63) is 60.7 Å². The van der Waals surface area contributed by atoms with Crippen molar-refractivity contribution in [3.8, 4) is 17.2 Å². The summed E-state index contributed by atoms with van der Waals surface area (Å²) in [6.45, 7) is 6.63. The number of methoxy groups -OCH3 is 2. The van der Waals surface area contributed by atoms with Gasteiger partial charge in [-0.3, -0.25) is 4.99 Å². The average molecular weight is 425 g/mol. The molecule has 0 aliphatic carbocycles. The van der Waals surface area contributed by atoms with Gasteiger partial charge in [0.05, 0.1) is 14.2 Å². The first-order valence-corrected chi connectivity index (χ1v) is 10.4. The molecule has 0 aromatic heterocycles. The number of nitrogens with one attached hydrogen (secondary N) is 2. The van der Waals surface area contributed by atoms with Crippen LogP contribution in [0, 0.1) is 0 Å². The van der Waals surface area contributed by atoms with Gasteiger partial charge in [-0.05, 0) is 12.5 Å². The van der Waals surface area contributed by atoms with Gasteiger partial charge in [-0.25, -0.2) is 0 Å². The molecule has 1 unspecified atom stereocenters. The van der Waals surface area contributed by atoms with Gasteiger partial charge < -0.3 is 29.7 Å². The van der Waals surface area contributed by atoms with E-state index in [1.54, 1.807) is 27.3 Å². The molecule has 2 N–H and O–H groups in total. The number of hydrogen-bond acceptors (Lipinski definition) is 5. The van der Waals surface area contributed by atoms with E-state index in [0.717, 1.165) is 54.0 Å². The van der Waals surface area contributed by atoms with Gasteiger partial charge in [0.25, 0.3) is 0 Å². The second-order valence-electron chi connectivity index (χ2n) is 7.28. The lowest BCUT2D eigenvalue weighted by atomic mass is 10.2. The summed E-state index contributed by atoms with van der Waals surface area (Å²) in [4.78, 5) is 6.72. The topological polar surface area (TPSA) is 67.4 Å². The zero-order valence-electron chi connectivity index (χ0n) is 18.6. The second kappa shape index (κ2) is 11.2. The summed E-state index contributed by atoms with van der Waals surface area (Å²) < 4.78 is 16.6.